The van der Waals surface area contributed by atoms with Crippen molar-refractivity contribution in [2.45, 2.75) is 19.8 Å². The van der Waals surface area contributed by atoms with E-state index < -0.39 is 11.4 Å². The van der Waals surface area contributed by atoms with Crippen molar-refractivity contribution in [3.05, 3.63) is 53.6 Å². The molecular weight excluding hydrogens is 280 g/mol. The van der Waals surface area contributed by atoms with E-state index in [1.54, 1.807) is 21.0 Å². The Labute approximate surface area is 129 Å². The zero-order valence-corrected chi connectivity index (χ0v) is 12.8. The second-order valence-corrected chi connectivity index (χ2v) is 5.98. The van der Waals surface area contributed by atoms with Gasteiger partial charge in [0.05, 0.1) is 12.5 Å². The van der Waals surface area contributed by atoms with Crippen molar-refractivity contribution in [3.63, 3.8) is 0 Å². The Kier molecular flexibility index (Phi) is 3.32. The second-order valence-electron chi connectivity index (χ2n) is 5.98. The summed E-state index contributed by atoms with van der Waals surface area (Å²) in [6.45, 7) is 3.48. The number of rotatable bonds is 3. The van der Waals surface area contributed by atoms with Crippen molar-refractivity contribution in [2.24, 2.45) is 5.41 Å². The molecule has 0 amide bonds. The summed E-state index contributed by atoms with van der Waals surface area (Å²) >= 11 is 0. The summed E-state index contributed by atoms with van der Waals surface area (Å²) in [5, 5.41) is 9.70. The maximum Gasteiger partial charge on any atom is 0.310 e. The van der Waals surface area contributed by atoms with Crippen LogP contribution in [0.5, 0.6) is 17.2 Å². The summed E-state index contributed by atoms with van der Waals surface area (Å²) in [5.41, 5.74) is 0.752. The molecule has 0 fully saturated rings. The predicted octanol–water partition coefficient (Wildman–Crippen LogP) is 4.04. The molecule has 4 heteroatoms. The van der Waals surface area contributed by atoms with Crippen LogP contribution in [0.4, 0.5) is 0 Å². The van der Waals surface area contributed by atoms with Gasteiger partial charge in [0, 0.05) is 17.0 Å². The largest absolute Gasteiger partial charge is 0.493 e. The monoisotopic (exact) mass is 298 g/mol. The first kappa shape index (κ1) is 14.4. The van der Waals surface area contributed by atoms with Gasteiger partial charge in [-0.2, -0.15) is 0 Å². The van der Waals surface area contributed by atoms with Gasteiger partial charge in [-0.05, 0) is 26.0 Å². The van der Waals surface area contributed by atoms with Gasteiger partial charge in [0.25, 0.3) is 0 Å². The van der Waals surface area contributed by atoms with E-state index in [4.69, 9.17) is 9.47 Å². The molecule has 1 atom stereocenters. The maximum atomic E-state index is 11.8. The van der Waals surface area contributed by atoms with Crippen LogP contribution in [0.25, 0.3) is 0 Å². The second kappa shape index (κ2) is 5.05. The Bertz CT molecular complexity index is 734. The predicted molar refractivity (Wildman–Crippen MR) is 82.8 cm³/mol. The lowest BCUT2D eigenvalue weighted by molar-refractivity contribution is -0.147. The summed E-state index contributed by atoms with van der Waals surface area (Å²) in [6, 6.07) is 13.1. The van der Waals surface area contributed by atoms with E-state index in [0.717, 1.165) is 11.1 Å². The molecule has 0 aliphatic carbocycles. The van der Waals surface area contributed by atoms with Crippen LogP contribution in [0.1, 0.15) is 30.9 Å². The average Bonchev–Trinajstić information content (AvgIpc) is 2.51. The summed E-state index contributed by atoms with van der Waals surface area (Å²) in [7, 11) is 1.58. The maximum absolute atomic E-state index is 11.8. The molecule has 114 valence electrons. The van der Waals surface area contributed by atoms with Crippen LogP contribution in [0.3, 0.4) is 0 Å². The Balaban J connectivity index is 2.28. The summed E-state index contributed by atoms with van der Waals surface area (Å²) < 4.78 is 11.4. The van der Waals surface area contributed by atoms with Crippen LogP contribution in [0.2, 0.25) is 0 Å². The first-order chi connectivity index (χ1) is 10.5. The fourth-order valence-corrected chi connectivity index (χ4v) is 3.02. The third-order valence-corrected chi connectivity index (χ3v) is 4.26. The minimum absolute atomic E-state index is 0.306. The highest BCUT2D eigenvalue weighted by molar-refractivity contribution is 5.78. The van der Waals surface area contributed by atoms with Crippen molar-refractivity contribution in [2.75, 3.05) is 7.11 Å². The summed E-state index contributed by atoms with van der Waals surface area (Å²) in [6.07, 6.45) is 0. The smallest absolute Gasteiger partial charge is 0.310 e. The van der Waals surface area contributed by atoms with Crippen molar-refractivity contribution >= 4 is 5.97 Å². The number of hydrogen-bond donors (Lipinski definition) is 1. The van der Waals surface area contributed by atoms with Gasteiger partial charge in [-0.3, -0.25) is 4.79 Å². The fraction of sp³-hybridized carbons (Fsp3) is 0.278. The summed E-state index contributed by atoms with van der Waals surface area (Å²) in [4.78, 5) is 11.8. The van der Waals surface area contributed by atoms with E-state index in [0.29, 0.717) is 17.2 Å². The van der Waals surface area contributed by atoms with Crippen molar-refractivity contribution in [3.8, 4) is 17.2 Å². The van der Waals surface area contributed by atoms with Gasteiger partial charge < -0.3 is 14.6 Å². The van der Waals surface area contributed by atoms with E-state index in [-0.39, 0.29) is 5.92 Å². The first-order valence-corrected chi connectivity index (χ1v) is 7.14. The highest BCUT2D eigenvalue weighted by Gasteiger charge is 2.44. The summed E-state index contributed by atoms with van der Waals surface area (Å²) in [5.74, 6) is 0.739. The minimum atomic E-state index is -0.971. The molecule has 1 unspecified atom stereocenters. The molecule has 1 aliphatic heterocycles. The normalized spacial score (nSPS) is 16.2. The van der Waals surface area contributed by atoms with E-state index in [2.05, 4.69) is 0 Å². The van der Waals surface area contributed by atoms with Gasteiger partial charge in [0.2, 0.25) is 0 Å². The van der Waals surface area contributed by atoms with Crippen LogP contribution in [-0.4, -0.2) is 18.2 Å². The van der Waals surface area contributed by atoms with Gasteiger partial charge >= 0.3 is 5.97 Å². The Morgan fingerprint density at radius 1 is 1.14 bits per heavy atom. The first-order valence-electron chi connectivity index (χ1n) is 7.14. The van der Waals surface area contributed by atoms with Gasteiger partial charge in [0.1, 0.15) is 5.75 Å². The number of aliphatic carboxylic acids is 1. The van der Waals surface area contributed by atoms with Crippen LogP contribution >= 0.6 is 0 Å². The van der Waals surface area contributed by atoms with E-state index >= 15 is 0 Å². The Morgan fingerprint density at radius 3 is 2.50 bits per heavy atom. The van der Waals surface area contributed by atoms with Gasteiger partial charge in [-0.15, -0.1) is 0 Å². The van der Waals surface area contributed by atoms with Crippen molar-refractivity contribution in [1.82, 2.24) is 0 Å². The number of fused-ring (bicyclic) bond motifs is 2. The topological polar surface area (TPSA) is 55.8 Å². The van der Waals surface area contributed by atoms with Gasteiger partial charge in [-0.25, -0.2) is 0 Å². The number of carboxylic acids is 1. The van der Waals surface area contributed by atoms with Crippen LogP contribution in [0, 0.1) is 5.41 Å². The van der Waals surface area contributed by atoms with Crippen molar-refractivity contribution < 1.29 is 19.4 Å². The molecule has 3 rings (SSSR count). The molecule has 2 aromatic rings. The van der Waals surface area contributed by atoms with Gasteiger partial charge in [0.15, 0.2) is 11.5 Å². The zero-order chi connectivity index (χ0) is 15.9. The number of carboxylic acid groups (broad SMARTS) is 1. The highest BCUT2D eigenvalue weighted by atomic mass is 16.5. The lowest BCUT2D eigenvalue weighted by Crippen LogP contribution is -2.33. The number of hydrogen-bond acceptors (Lipinski definition) is 3. The molecule has 0 spiro atoms. The SMILES string of the molecule is COc1cccc2c1Oc1ccccc1C2C(C)(C)C(=O)O. The lowest BCUT2D eigenvalue weighted by Gasteiger charge is -2.36. The lowest BCUT2D eigenvalue weighted by atomic mass is 9.70. The third kappa shape index (κ3) is 2.03. The molecule has 0 saturated heterocycles. The van der Waals surface area contributed by atoms with Gasteiger partial charge in [-0.1, -0.05) is 30.3 Å². The third-order valence-electron chi connectivity index (χ3n) is 4.26. The molecule has 0 radical (unpaired) electrons. The molecular formula is C18H18O4. The zero-order valence-electron chi connectivity index (χ0n) is 12.8. The molecule has 22 heavy (non-hydrogen) atoms. The standard InChI is InChI=1S/C18H18O4/c1-18(2,17(19)20)15-11-7-4-5-9-13(11)22-16-12(15)8-6-10-14(16)21-3/h4-10,15H,1-3H3,(H,19,20). The van der Waals surface area contributed by atoms with E-state index in [9.17, 15) is 9.90 Å². The minimum Gasteiger partial charge on any atom is -0.493 e. The number of para-hydroxylation sites is 2. The average molecular weight is 298 g/mol. The fourth-order valence-electron chi connectivity index (χ4n) is 3.02. The molecule has 0 aromatic heterocycles. The molecule has 1 heterocycles. The van der Waals surface area contributed by atoms with Crippen molar-refractivity contribution in [1.29, 1.82) is 0 Å². The van der Waals surface area contributed by atoms with Crippen LogP contribution in [0.15, 0.2) is 42.5 Å². The quantitative estimate of drug-likeness (QED) is 0.929. The Hall–Kier alpha value is -2.49. The van der Waals surface area contributed by atoms with E-state index in [1.807, 2.05) is 42.5 Å². The molecule has 0 saturated carbocycles. The number of methoxy groups -OCH3 is 1. The number of carbonyl (C=O) groups is 1. The van der Waals surface area contributed by atoms with Crippen LogP contribution < -0.4 is 9.47 Å². The molecule has 2 aromatic carbocycles. The number of ether oxygens (including phenoxy) is 2. The number of benzene rings is 2. The van der Waals surface area contributed by atoms with Crippen LogP contribution in [-0.2, 0) is 4.79 Å². The molecule has 4 nitrogen and oxygen atoms in total. The Morgan fingerprint density at radius 2 is 1.82 bits per heavy atom. The molecule has 1 aliphatic rings. The molecule has 1 N–H and O–H groups in total. The highest BCUT2D eigenvalue weighted by Crippen LogP contribution is 2.54. The van der Waals surface area contributed by atoms with E-state index in [1.165, 1.54) is 0 Å². The molecule has 0 bridgehead atoms.